The van der Waals surface area contributed by atoms with Gasteiger partial charge < -0.3 is 14.6 Å². The minimum absolute atomic E-state index is 0.0984. The van der Waals surface area contributed by atoms with Gasteiger partial charge in [0.15, 0.2) is 5.13 Å². The molecule has 0 aliphatic carbocycles. The minimum Gasteiger partial charge on any atom is -0.478 e. The van der Waals surface area contributed by atoms with Crippen molar-refractivity contribution in [1.29, 1.82) is 0 Å². The van der Waals surface area contributed by atoms with Crippen LogP contribution in [0.5, 0.6) is 0 Å². The van der Waals surface area contributed by atoms with E-state index in [1.165, 1.54) is 14.0 Å². The van der Waals surface area contributed by atoms with Crippen molar-refractivity contribution in [2.45, 2.75) is 32.8 Å². The molecule has 1 aromatic heterocycles. The van der Waals surface area contributed by atoms with Gasteiger partial charge in [-0.25, -0.2) is 22.9 Å². The van der Waals surface area contributed by atoms with E-state index in [0.29, 0.717) is 31.6 Å². The summed E-state index contributed by atoms with van der Waals surface area (Å²) in [5.74, 6) is -4.85. The molecular formula is C27H27F3N2O5S. The van der Waals surface area contributed by atoms with Crippen molar-refractivity contribution in [3.8, 4) is 11.3 Å². The lowest BCUT2D eigenvalue weighted by molar-refractivity contribution is -0.132. The number of rotatable bonds is 12. The smallest absolute Gasteiger partial charge is 0.331 e. The number of hydrogen-bond donors (Lipinski definition) is 2. The lowest BCUT2D eigenvalue weighted by Gasteiger charge is -2.17. The van der Waals surface area contributed by atoms with E-state index < -0.39 is 41.0 Å². The molecule has 7 nitrogen and oxygen atoms in total. The number of carbonyl (C=O) groups is 2. The Bertz CT molecular complexity index is 1320. The third kappa shape index (κ3) is 7.06. The maximum atomic E-state index is 15.4. The van der Waals surface area contributed by atoms with E-state index in [4.69, 9.17) is 14.6 Å². The number of halogens is 3. The van der Waals surface area contributed by atoms with Crippen molar-refractivity contribution < 1.29 is 37.3 Å². The highest BCUT2D eigenvalue weighted by Gasteiger charge is 2.21. The number of anilines is 1. The molecule has 0 saturated heterocycles. The van der Waals surface area contributed by atoms with Crippen molar-refractivity contribution in [2.24, 2.45) is 0 Å². The minimum atomic E-state index is -1.33. The lowest BCUT2D eigenvalue weighted by atomic mass is 10.00. The zero-order valence-electron chi connectivity index (χ0n) is 21.0. The average molecular weight is 549 g/mol. The number of nitrogens with one attached hydrogen (secondary N) is 1. The first-order chi connectivity index (χ1) is 18.2. The second-order valence-corrected chi connectivity index (χ2v) is 9.11. The molecule has 0 fully saturated rings. The largest absolute Gasteiger partial charge is 0.478 e. The van der Waals surface area contributed by atoms with Gasteiger partial charge in [0.05, 0.1) is 11.8 Å². The van der Waals surface area contributed by atoms with Crippen molar-refractivity contribution in [1.82, 2.24) is 4.98 Å². The summed E-state index contributed by atoms with van der Waals surface area (Å²) < 4.78 is 55.1. The molecule has 202 valence electrons. The predicted molar refractivity (Wildman–Crippen MR) is 139 cm³/mol. The Morgan fingerprint density at radius 1 is 1.21 bits per heavy atom. The lowest BCUT2D eigenvalue weighted by Crippen LogP contribution is -2.13. The molecule has 0 bridgehead atoms. The van der Waals surface area contributed by atoms with Gasteiger partial charge in [-0.15, -0.1) is 11.3 Å². The van der Waals surface area contributed by atoms with Crippen LogP contribution in [0.3, 0.4) is 0 Å². The molecule has 3 rings (SSSR count). The number of carboxylic acids is 1. The number of aromatic nitrogens is 1. The van der Waals surface area contributed by atoms with Crippen LogP contribution in [-0.2, 0) is 14.3 Å². The van der Waals surface area contributed by atoms with Crippen LogP contribution >= 0.6 is 11.3 Å². The van der Waals surface area contributed by atoms with Gasteiger partial charge in [0, 0.05) is 53.5 Å². The number of thiazole rings is 1. The quantitative estimate of drug-likeness (QED) is 0.199. The zero-order valence-corrected chi connectivity index (χ0v) is 21.8. The molecule has 0 aliphatic heterocycles. The number of carbonyl (C=O) groups excluding carboxylic acids is 1. The van der Waals surface area contributed by atoms with Crippen LogP contribution in [0.2, 0.25) is 0 Å². The number of benzene rings is 2. The Hall–Kier alpha value is -3.54. The summed E-state index contributed by atoms with van der Waals surface area (Å²) in [6.45, 7) is 4.24. The molecule has 0 aliphatic rings. The van der Waals surface area contributed by atoms with E-state index >= 15 is 4.39 Å². The molecule has 1 atom stereocenters. The van der Waals surface area contributed by atoms with Crippen LogP contribution in [0.1, 0.15) is 54.3 Å². The third-order valence-corrected chi connectivity index (χ3v) is 6.42. The molecule has 2 N–H and O–H groups in total. The van der Waals surface area contributed by atoms with E-state index in [9.17, 15) is 18.4 Å². The maximum Gasteiger partial charge on any atom is 0.331 e. The molecule has 2 aromatic carbocycles. The van der Waals surface area contributed by atoms with Gasteiger partial charge in [0.1, 0.15) is 17.5 Å². The molecular weight excluding hydrogens is 521 g/mol. The Balaban J connectivity index is 1.78. The fraction of sp³-hybridized carbons (Fsp3) is 0.296. The van der Waals surface area contributed by atoms with Gasteiger partial charge in [-0.1, -0.05) is 12.1 Å². The van der Waals surface area contributed by atoms with E-state index in [0.717, 1.165) is 29.5 Å². The van der Waals surface area contributed by atoms with Gasteiger partial charge in [-0.05, 0) is 51.0 Å². The molecule has 1 unspecified atom stereocenters. The summed E-state index contributed by atoms with van der Waals surface area (Å²) in [4.78, 5) is 27.8. The normalized spacial score (nSPS) is 12.4. The molecule has 38 heavy (non-hydrogen) atoms. The third-order valence-electron chi connectivity index (χ3n) is 5.66. The van der Waals surface area contributed by atoms with Crippen LogP contribution in [-0.4, -0.2) is 42.3 Å². The highest BCUT2D eigenvalue weighted by molar-refractivity contribution is 7.14. The Morgan fingerprint density at radius 3 is 2.55 bits per heavy atom. The standard InChI is InChI=1S/C27H27F3N2O5S/c1-4-37-10-6-9-23(36-3)18-8-5-7-17(24(18)30)22-14-38-27(31-22)32-25(33)16-12-20(28)19(21(29)13-16)11-15(2)26(34)35/h5,7-8,11-14,23H,4,6,9-10H2,1-3H3,(H,34,35)(H,31,32,33)/b15-11+. The zero-order chi connectivity index (χ0) is 27.8. The van der Waals surface area contributed by atoms with E-state index in [1.54, 1.807) is 23.6 Å². The number of aliphatic carboxylic acids is 1. The Morgan fingerprint density at radius 2 is 1.92 bits per heavy atom. The topological polar surface area (TPSA) is 97.8 Å². The summed E-state index contributed by atoms with van der Waals surface area (Å²) in [5.41, 5.74) is -0.304. The predicted octanol–water partition coefficient (Wildman–Crippen LogP) is 6.47. The summed E-state index contributed by atoms with van der Waals surface area (Å²) in [6.07, 6.45) is 1.63. The van der Waals surface area contributed by atoms with E-state index in [2.05, 4.69) is 10.3 Å². The molecule has 0 radical (unpaired) electrons. The van der Waals surface area contributed by atoms with Gasteiger partial charge >= 0.3 is 5.97 Å². The highest BCUT2D eigenvalue weighted by Crippen LogP contribution is 2.33. The van der Waals surface area contributed by atoms with Crippen molar-refractivity contribution in [3.63, 3.8) is 0 Å². The van der Waals surface area contributed by atoms with Crippen LogP contribution in [0.25, 0.3) is 17.3 Å². The second-order valence-electron chi connectivity index (χ2n) is 8.25. The number of nitrogens with zero attached hydrogens (tertiary/aromatic N) is 1. The number of amides is 1. The first kappa shape index (κ1) is 29.0. The summed E-state index contributed by atoms with van der Waals surface area (Å²) in [5, 5.41) is 13.0. The van der Waals surface area contributed by atoms with Gasteiger partial charge in [-0.3, -0.25) is 10.1 Å². The second kappa shape index (κ2) is 13.3. The fourth-order valence-corrected chi connectivity index (χ4v) is 4.37. The number of methoxy groups -OCH3 is 1. The van der Waals surface area contributed by atoms with Crippen LogP contribution in [0, 0.1) is 17.5 Å². The van der Waals surface area contributed by atoms with Gasteiger partial charge in [0.2, 0.25) is 0 Å². The van der Waals surface area contributed by atoms with Crippen LogP contribution in [0.4, 0.5) is 18.3 Å². The Labute approximate surface area is 221 Å². The fourth-order valence-electron chi connectivity index (χ4n) is 3.67. The summed E-state index contributed by atoms with van der Waals surface area (Å²) in [7, 11) is 1.51. The Kier molecular flexibility index (Phi) is 10.2. The number of carboxylic acid groups (broad SMARTS) is 1. The molecule has 0 spiro atoms. The van der Waals surface area contributed by atoms with E-state index in [1.807, 2.05) is 6.92 Å². The van der Waals surface area contributed by atoms with Crippen molar-refractivity contribution in [2.75, 3.05) is 25.6 Å². The molecule has 1 heterocycles. The van der Waals surface area contributed by atoms with Gasteiger partial charge in [0.25, 0.3) is 5.91 Å². The van der Waals surface area contributed by atoms with Crippen LogP contribution in [0.15, 0.2) is 41.3 Å². The first-order valence-corrected chi connectivity index (χ1v) is 12.6. The number of ether oxygens (including phenoxy) is 2. The van der Waals surface area contributed by atoms with Crippen LogP contribution < -0.4 is 5.32 Å². The average Bonchev–Trinajstić information content (AvgIpc) is 3.34. The van der Waals surface area contributed by atoms with Crippen molar-refractivity contribution in [3.05, 3.63) is 75.4 Å². The van der Waals surface area contributed by atoms with E-state index in [-0.39, 0.29) is 27.5 Å². The summed E-state index contributed by atoms with van der Waals surface area (Å²) >= 11 is 1.02. The molecule has 3 aromatic rings. The SMILES string of the molecule is CCOCCCC(OC)c1cccc(-c2csc(NC(=O)c3cc(F)c(/C=C(\C)C(=O)O)c(F)c3)n2)c1F. The summed E-state index contributed by atoms with van der Waals surface area (Å²) in [6, 6.07) is 6.49. The van der Waals surface area contributed by atoms with Gasteiger partial charge in [-0.2, -0.15) is 0 Å². The highest BCUT2D eigenvalue weighted by atomic mass is 32.1. The molecule has 11 heteroatoms. The first-order valence-electron chi connectivity index (χ1n) is 11.7. The maximum absolute atomic E-state index is 15.4. The monoisotopic (exact) mass is 548 g/mol. The molecule has 1 amide bonds. The molecule has 0 saturated carbocycles. The number of hydrogen-bond acceptors (Lipinski definition) is 6. The van der Waals surface area contributed by atoms with Crippen molar-refractivity contribution >= 4 is 34.4 Å².